The van der Waals surface area contributed by atoms with Gasteiger partial charge in [-0.05, 0) is 37.7 Å². The molecule has 0 saturated heterocycles. The summed E-state index contributed by atoms with van der Waals surface area (Å²) in [5, 5.41) is 14.0. The molecule has 0 saturated carbocycles. The minimum Gasteiger partial charge on any atom is -0.490 e. The van der Waals surface area contributed by atoms with Gasteiger partial charge in [-0.2, -0.15) is 0 Å². The summed E-state index contributed by atoms with van der Waals surface area (Å²) >= 11 is 5.23. The Bertz CT molecular complexity index is 1060. The van der Waals surface area contributed by atoms with Crippen LogP contribution in [0.3, 0.4) is 0 Å². The summed E-state index contributed by atoms with van der Waals surface area (Å²) in [5.41, 5.74) is 0.260. The molecule has 1 atom stereocenters. The third-order valence-corrected chi connectivity index (χ3v) is 4.79. The van der Waals surface area contributed by atoms with Crippen molar-refractivity contribution in [3.05, 3.63) is 54.6 Å². The zero-order valence-electron chi connectivity index (χ0n) is 14.9. The third kappa shape index (κ3) is 3.23. The molecule has 0 aliphatic carbocycles. The Morgan fingerprint density at radius 1 is 1.37 bits per heavy atom. The number of rotatable bonds is 4. The van der Waals surface area contributed by atoms with Gasteiger partial charge in [0, 0.05) is 24.4 Å². The van der Waals surface area contributed by atoms with Crippen molar-refractivity contribution in [2.75, 3.05) is 12.4 Å². The molecule has 1 aromatic heterocycles. The molecular weight excluding hydrogens is 372 g/mol. The van der Waals surface area contributed by atoms with Crippen LogP contribution in [0.4, 0.5) is 11.5 Å². The average Bonchev–Trinajstić information content (AvgIpc) is 2.59. The zero-order chi connectivity index (χ0) is 19.9. The second-order valence-corrected chi connectivity index (χ2v) is 6.87. The number of nitrogens with zero attached hydrogens (tertiary/aromatic N) is 2. The van der Waals surface area contributed by atoms with Crippen molar-refractivity contribution in [3.63, 3.8) is 0 Å². The van der Waals surface area contributed by atoms with Gasteiger partial charge < -0.3 is 15.0 Å². The molecule has 1 unspecified atom stereocenters. The van der Waals surface area contributed by atoms with Crippen molar-refractivity contribution in [1.82, 2.24) is 9.55 Å². The fourth-order valence-corrected chi connectivity index (χ4v) is 3.68. The molecule has 0 fully saturated rings. The number of nitrogens with one attached hydrogen (secondary N) is 2. The van der Waals surface area contributed by atoms with Gasteiger partial charge in [0.1, 0.15) is 5.82 Å². The minimum absolute atomic E-state index is 0.00552. The number of carbonyl (C=O) groups is 1. The number of H-pyrrole nitrogens is 1. The first kappa shape index (κ1) is 18.8. The molecule has 1 aromatic carbocycles. The molecule has 142 valence electrons. The Balaban J connectivity index is 2.26. The summed E-state index contributed by atoms with van der Waals surface area (Å²) in [6.07, 6.45) is -0.00552. The van der Waals surface area contributed by atoms with E-state index in [9.17, 15) is 19.7 Å². The number of ether oxygens (including phenoxy) is 1. The van der Waals surface area contributed by atoms with Gasteiger partial charge in [-0.1, -0.05) is 6.07 Å². The minimum atomic E-state index is -0.636. The lowest BCUT2D eigenvalue weighted by molar-refractivity contribution is -0.385. The van der Waals surface area contributed by atoms with Crippen molar-refractivity contribution < 1.29 is 14.5 Å². The van der Waals surface area contributed by atoms with E-state index in [0.717, 1.165) is 0 Å². The van der Waals surface area contributed by atoms with Crippen LogP contribution in [-0.2, 0) is 4.79 Å². The molecule has 0 radical (unpaired) electrons. The summed E-state index contributed by atoms with van der Waals surface area (Å²) in [4.78, 5) is 38.9. The van der Waals surface area contributed by atoms with Crippen molar-refractivity contribution in [2.24, 2.45) is 0 Å². The summed E-state index contributed by atoms with van der Waals surface area (Å²) in [5.74, 6) is -0.598. The first-order valence-corrected chi connectivity index (χ1v) is 8.66. The Labute approximate surface area is 159 Å². The topological polar surface area (TPSA) is 119 Å². The zero-order valence-corrected chi connectivity index (χ0v) is 15.8. The van der Waals surface area contributed by atoms with Crippen LogP contribution in [0.5, 0.6) is 5.75 Å². The lowest BCUT2D eigenvalue weighted by Crippen LogP contribution is -2.35. The number of amides is 1. The molecule has 2 N–H and O–H groups in total. The molecular formula is C17H18N4O5S. The molecule has 1 aliphatic rings. The Morgan fingerprint density at radius 3 is 2.67 bits per heavy atom. The van der Waals surface area contributed by atoms with Crippen LogP contribution >= 0.6 is 12.2 Å². The fourth-order valence-electron chi connectivity index (χ4n) is 3.28. The van der Waals surface area contributed by atoms with Gasteiger partial charge in [-0.15, -0.1) is 0 Å². The SMILES string of the molecule is COc1ccc(C2CC(=O)Nc3[nH]c(=S)n(C(C)C)c(=O)c32)cc1[N+](=O)[O-]. The number of nitro groups is 1. The van der Waals surface area contributed by atoms with Gasteiger partial charge in [0.2, 0.25) is 5.91 Å². The maximum Gasteiger partial charge on any atom is 0.311 e. The highest BCUT2D eigenvalue weighted by atomic mass is 32.1. The standard InChI is InChI=1S/C17H18N4O5S/c1-8(2)20-16(23)14-10(7-13(22)18-15(14)19-17(20)27)9-4-5-12(26-3)11(6-9)21(24)25/h4-6,8,10H,7H2,1-3H3,(H,18,22)(H,19,27). The largest absolute Gasteiger partial charge is 0.490 e. The normalized spacial score (nSPS) is 16.0. The molecule has 2 aromatic rings. The van der Waals surface area contributed by atoms with Gasteiger partial charge >= 0.3 is 5.69 Å². The third-order valence-electron chi connectivity index (χ3n) is 4.49. The molecule has 9 nitrogen and oxygen atoms in total. The van der Waals surface area contributed by atoms with Crippen LogP contribution in [0, 0.1) is 14.9 Å². The van der Waals surface area contributed by atoms with Gasteiger partial charge in [-0.3, -0.25) is 24.3 Å². The Hall–Kier alpha value is -3.01. The van der Waals surface area contributed by atoms with Crippen molar-refractivity contribution in [2.45, 2.75) is 32.2 Å². The van der Waals surface area contributed by atoms with E-state index in [4.69, 9.17) is 17.0 Å². The first-order valence-electron chi connectivity index (χ1n) is 8.25. The van der Waals surface area contributed by atoms with E-state index in [1.807, 2.05) is 13.8 Å². The van der Waals surface area contributed by atoms with E-state index in [2.05, 4.69) is 10.3 Å². The number of methoxy groups -OCH3 is 1. The summed E-state index contributed by atoms with van der Waals surface area (Å²) in [6, 6.07) is 4.24. The smallest absolute Gasteiger partial charge is 0.311 e. The predicted molar refractivity (Wildman–Crippen MR) is 101 cm³/mol. The molecule has 3 rings (SSSR count). The van der Waals surface area contributed by atoms with E-state index in [1.165, 1.54) is 23.8 Å². The van der Waals surface area contributed by atoms with Crippen LogP contribution < -0.4 is 15.6 Å². The number of aromatic amines is 1. The van der Waals surface area contributed by atoms with Gasteiger partial charge in [0.25, 0.3) is 5.56 Å². The summed E-state index contributed by atoms with van der Waals surface area (Å²) < 4.78 is 6.65. The van der Waals surface area contributed by atoms with Crippen LogP contribution in [0.2, 0.25) is 0 Å². The maximum absolute atomic E-state index is 13.1. The predicted octanol–water partition coefficient (Wildman–Crippen LogP) is 2.88. The monoisotopic (exact) mass is 390 g/mol. The number of hydrogen-bond acceptors (Lipinski definition) is 6. The van der Waals surface area contributed by atoms with E-state index < -0.39 is 10.8 Å². The number of hydrogen-bond donors (Lipinski definition) is 2. The highest BCUT2D eigenvalue weighted by molar-refractivity contribution is 7.71. The van der Waals surface area contributed by atoms with E-state index in [-0.39, 0.29) is 46.0 Å². The van der Waals surface area contributed by atoms with Crippen molar-refractivity contribution in [1.29, 1.82) is 0 Å². The highest BCUT2D eigenvalue weighted by Gasteiger charge is 2.32. The lowest BCUT2D eigenvalue weighted by atomic mass is 9.86. The highest BCUT2D eigenvalue weighted by Crippen LogP contribution is 2.38. The number of carbonyl (C=O) groups excluding carboxylic acids is 1. The van der Waals surface area contributed by atoms with E-state index >= 15 is 0 Å². The van der Waals surface area contributed by atoms with Gasteiger partial charge in [0.15, 0.2) is 10.5 Å². The van der Waals surface area contributed by atoms with Crippen molar-refractivity contribution in [3.8, 4) is 5.75 Å². The number of anilines is 1. The molecule has 27 heavy (non-hydrogen) atoms. The molecule has 1 amide bonds. The van der Waals surface area contributed by atoms with Gasteiger partial charge in [-0.25, -0.2) is 0 Å². The second kappa shape index (κ2) is 6.95. The summed E-state index contributed by atoms with van der Waals surface area (Å²) in [6.45, 7) is 3.65. The number of nitro benzene ring substituents is 1. The average molecular weight is 390 g/mol. The van der Waals surface area contributed by atoms with E-state index in [0.29, 0.717) is 11.1 Å². The first-order chi connectivity index (χ1) is 12.7. The van der Waals surface area contributed by atoms with E-state index in [1.54, 1.807) is 6.07 Å². The Kier molecular flexibility index (Phi) is 4.83. The quantitative estimate of drug-likeness (QED) is 0.471. The van der Waals surface area contributed by atoms with Crippen LogP contribution in [0.25, 0.3) is 0 Å². The lowest BCUT2D eigenvalue weighted by Gasteiger charge is -2.26. The maximum atomic E-state index is 13.1. The van der Waals surface area contributed by atoms with Crippen LogP contribution in [0.15, 0.2) is 23.0 Å². The fraction of sp³-hybridized carbons (Fsp3) is 0.353. The number of aromatic nitrogens is 2. The number of fused-ring (bicyclic) bond motifs is 1. The van der Waals surface area contributed by atoms with Crippen LogP contribution in [-0.4, -0.2) is 27.5 Å². The summed E-state index contributed by atoms with van der Waals surface area (Å²) in [7, 11) is 1.34. The number of benzene rings is 1. The molecule has 10 heteroatoms. The molecule has 1 aliphatic heterocycles. The van der Waals surface area contributed by atoms with Crippen LogP contribution in [0.1, 0.15) is 43.4 Å². The van der Waals surface area contributed by atoms with Crippen molar-refractivity contribution >= 4 is 29.6 Å². The molecule has 0 spiro atoms. The van der Waals surface area contributed by atoms with Gasteiger partial charge in [0.05, 0.1) is 17.6 Å². The second-order valence-electron chi connectivity index (χ2n) is 6.48. The molecule has 0 bridgehead atoms. The molecule has 2 heterocycles. The Morgan fingerprint density at radius 2 is 2.07 bits per heavy atom.